The summed E-state index contributed by atoms with van der Waals surface area (Å²) in [5.41, 5.74) is 5.28. The molecule has 6 heteroatoms. The number of carbonyl (C=O) groups is 1. The molecular weight excluding hydrogens is 352 g/mol. The second-order valence-electron chi connectivity index (χ2n) is 7.07. The number of carbonyl (C=O) groups excluding carboxylic acids is 1. The highest BCUT2D eigenvalue weighted by atomic mass is 16.5. The molecule has 0 saturated carbocycles. The van der Waals surface area contributed by atoms with E-state index in [1.807, 2.05) is 46.3 Å². The van der Waals surface area contributed by atoms with Gasteiger partial charge >= 0.3 is 6.03 Å². The zero-order valence-electron chi connectivity index (χ0n) is 16.3. The monoisotopic (exact) mass is 376 g/mol. The van der Waals surface area contributed by atoms with Gasteiger partial charge in [0.15, 0.2) is 0 Å². The van der Waals surface area contributed by atoms with Gasteiger partial charge in [-0.2, -0.15) is 5.10 Å². The molecule has 0 spiro atoms. The van der Waals surface area contributed by atoms with Gasteiger partial charge in [0.2, 0.25) is 0 Å². The van der Waals surface area contributed by atoms with Crippen molar-refractivity contribution in [2.24, 2.45) is 0 Å². The average Bonchev–Trinajstić information content (AvgIpc) is 3.37. The molecule has 1 atom stereocenters. The van der Waals surface area contributed by atoms with E-state index >= 15 is 0 Å². The molecule has 1 aromatic heterocycles. The maximum atomic E-state index is 13.1. The SMILES string of the molecule is COc1cccc([C@@H](C)N2CCN(c3ccc(-c4cn[nH]c4)c(C)c3)C2=O)c1. The Hall–Kier alpha value is -3.28. The summed E-state index contributed by atoms with van der Waals surface area (Å²) in [6.45, 7) is 5.49. The summed E-state index contributed by atoms with van der Waals surface area (Å²) in [5.74, 6) is 0.804. The number of H-pyrrole nitrogens is 1. The minimum absolute atomic E-state index is 0.0149. The van der Waals surface area contributed by atoms with Crippen molar-refractivity contribution in [1.29, 1.82) is 0 Å². The van der Waals surface area contributed by atoms with Gasteiger partial charge in [-0.3, -0.25) is 10.00 Å². The minimum Gasteiger partial charge on any atom is -0.497 e. The third-order valence-corrected chi connectivity index (χ3v) is 5.42. The standard InChI is InChI=1S/C22H24N4O2/c1-15-11-19(7-8-21(15)18-13-23-24-14-18)26-10-9-25(22(26)27)16(2)17-5-4-6-20(12-17)28-3/h4-8,11-14,16H,9-10H2,1-3H3,(H,23,24)/t16-/m1/s1. The Morgan fingerprint density at radius 3 is 2.75 bits per heavy atom. The lowest BCUT2D eigenvalue weighted by molar-refractivity contribution is 0.205. The number of urea groups is 1. The summed E-state index contributed by atoms with van der Waals surface area (Å²) < 4.78 is 5.32. The number of hydrogen-bond donors (Lipinski definition) is 1. The molecule has 1 saturated heterocycles. The van der Waals surface area contributed by atoms with Crippen molar-refractivity contribution in [1.82, 2.24) is 15.1 Å². The molecule has 144 valence electrons. The van der Waals surface area contributed by atoms with E-state index in [1.165, 1.54) is 0 Å². The van der Waals surface area contributed by atoms with Crippen LogP contribution in [0, 0.1) is 6.92 Å². The van der Waals surface area contributed by atoms with Gasteiger partial charge < -0.3 is 9.64 Å². The normalized spacial score (nSPS) is 15.2. The number of amides is 2. The number of aryl methyl sites for hydroxylation is 1. The van der Waals surface area contributed by atoms with Gasteiger partial charge in [0.25, 0.3) is 0 Å². The van der Waals surface area contributed by atoms with Gasteiger partial charge in [-0.25, -0.2) is 4.79 Å². The summed E-state index contributed by atoms with van der Waals surface area (Å²) >= 11 is 0. The van der Waals surface area contributed by atoms with Gasteiger partial charge in [-0.15, -0.1) is 0 Å². The lowest BCUT2D eigenvalue weighted by Crippen LogP contribution is -2.33. The first kappa shape index (κ1) is 18.1. The van der Waals surface area contributed by atoms with Gasteiger partial charge in [-0.05, 0) is 54.8 Å². The number of anilines is 1. The lowest BCUT2D eigenvalue weighted by Gasteiger charge is -2.25. The van der Waals surface area contributed by atoms with Crippen LogP contribution in [0.15, 0.2) is 54.9 Å². The molecule has 3 aromatic rings. The summed E-state index contributed by atoms with van der Waals surface area (Å²) in [5, 5.41) is 6.86. The van der Waals surface area contributed by atoms with Crippen LogP contribution in [-0.4, -0.2) is 41.3 Å². The number of aromatic amines is 1. The van der Waals surface area contributed by atoms with Crippen LogP contribution in [-0.2, 0) is 0 Å². The van der Waals surface area contributed by atoms with Crippen LogP contribution in [0.3, 0.4) is 0 Å². The van der Waals surface area contributed by atoms with E-state index < -0.39 is 0 Å². The number of aromatic nitrogens is 2. The summed E-state index contributed by atoms with van der Waals surface area (Å²) in [4.78, 5) is 16.9. The molecule has 28 heavy (non-hydrogen) atoms. The first-order chi connectivity index (χ1) is 13.6. The number of benzene rings is 2. The van der Waals surface area contributed by atoms with Crippen LogP contribution in [0.5, 0.6) is 5.75 Å². The molecule has 1 N–H and O–H groups in total. The fourth-order valence-corrected chi connectivity index (χ4v) is 3.77. The fraction of sp³-hybridized carbons (Fsp3) is 0.273. The van der Waals surface area contributed by atoms with E-state index in [-0.39, 0.29) is 12.1 Å². The zero-order chi connectivity index (χ0) is 19.7. The molecular formula is C22H24N4O2. The predicted molar refractivity (Wildman–Crippen MR) is 110 cm³/mol. The Balaban J connectivity index is 1.55. The maximum absolute atomic E-state index is 13.1. The van der Waals surface area contributed by atoms with Gasteiger partial charge in [0.1, 0.15) is 5.75 Å². The smallest absolute Gasteiger partial charge is 0.325 e. The van der Waals surface area contributed by atoms with Crippen molar-refractivity contribution < 1.29 is 9.53 Å². The summed E-state index contributed by atoms with van der Waals surface area (Å²) in [7, 11) is 1.65. The first-order valence-electron chi connectivity index (χ1n) is 9.40. The van der Waals surface area contributed by atoms with Crippen LogP contribution in [0.2, 0.25) is 0 Å². The Labute approximate surface area is 164 Å². The van der Waals surface area contributed by atoms with Crippen LogP contribution in [0.25, 0.3) is 11.1 Å². The van der Waals surface area contributed by atoms with E-state index in [0.717, 1.165) is 33.7 Å². The van der Waals surface area contributed by atoms with E-state index in [0.29, 0.717) is 13.1 Å². The minimum atomic E-state index is -0.0149. The first-order valence-corrected chi connectivity index (χ1v) is 9.40. The lowest BCUT2D eigenvalue weighted by atomic mass is 10.0. The topological polar surface area (TPSA) is 61.5 Å². The van der Waals surface area contributed by atoms with Crippen molar-refractivity contribution >= 4 is 11.7 Å². The van der Waals surface area contributed by atoms with E-state index in [9.17, 15) is 4.79 Å². The second kappa shape index (κ2) is 7.38. The highest BCUT2D eigenvalue weighted by Crippen LogP contribution is 2.32. The van der Waals surface area contributed by atoms with E-state index in [4.69, 9.17) is 4.74 Å². The number of ether oxygens (including phenoxy) is 1. The van der Waals surface area contributed by atoms with Gasteiger partial charge in [0, 0.05) is 30.5 Å². The highest BCUT2D eigenvalue weighted by molar-refractivity contribution is 5.95. The molecule has 1 aliphatic heterocycles. The Bertz CT molecular complexity index is 984. The zero-order valence-corrected chi connectivity index (χ0v) is 16.3. The van der Waals surface area contributed by atoms with E-state index in [2.05, 4.69) is 36.2 Å². The van der Waals surface area contributed by atoms with Crippen LogP contribution < -0.4 is 9.64 Å². The number of nitrogens with zero attached hydrogens (tertiary/aromatic N) is 3. The molecule has 0 bridgehead atoms. The Kier molecular flexibility index (Phi) is 4.77. The largest absolute Gasteiger partial charge is 0.497 e. The quantitative estimate of drug-likeness (QED) is 0.718. The average molecular weight is 376 g/mol. The number of nitrogens with one attached hydrogen (secondary N) is 1. The summed E-state index contributed by atoms with van der Waals surface area (Å²) in [6, 6.07) is 14.0. The van der Waals surface area contributed by atoms with Crippen LogP contribution >= 0.6 is 0 Å². The van der Waals surface area contributed by atoms with Crippen LogP contribution in [0.4, 0.5) is 10.5 Å². The number of rotatable bonds is 5. The molecule has 6 nitrogen and oxygen atoms in total. The third kappa shape index (κ3) is 3.22. The molecule has 0 aliphatic carbocycles. The van der Waals surface area contributed by atoms with Crippen molar-refractivity contribution in [3.05, 3.63) is 66.0 Å². The second-order valence-corrected chi connectivity index (χ2v) is 7.07. The Morgan fingerprint density at radius 2 is 2.04 bits per heavy atom. The summed E-state index contributed by atoms with van der Waals surface area (Å²) in [6.07, 6.45) is 3.68. The maximum Gasteiger partial charge on any atom is 0.325 e. The van der Waals surface area contributed by atoms with Crippen molar-refractivity contribution in [2.75, 3.05) is 25.1 Å². The predicted octanol–water partition coefficient (Wildman–Crippen LogP) is 4.40. The van der Waals surface area contributed by atoms with Crippen LogP contribution in [0.1, 0.15) is 24.1 Å². The van der Waals surface area contributed by atoms with Crippen molar-refractivity contribution in [2.45, 2.75) is 19.9 Å². The highest BCUT2D eigenvalue weighted by Gasteiger charge is 2.33. The Morgan fingerprint density at radius 1 is 1.18 bits per heavy atom. The molecule has 2 aromatic carbocycles. The molecule has 2 amide bonds. The molecule has 2 heterocycles. The van der Waals surface area contributed by atoms with Gasteiger partial charge in [0.05, 0.1) is 19.3 Å². The third-order valence-electron chi connectivity index (χ3n) is 5.42. The molecule has 0 radical (unpaired) electrons. The molecule has 4 rings (SSSR count). The molecule has 0 unspecified atom stereocenters. The fourth-order valence-electron chi connectivity index (χ4n) is 3.77. The number of hydrogen-bond acceptors (Lipinski definition) is 3. The van der Waals surface area contributed by atoms with Gasteiger partial charge in [-0.1, -0.05) is 18.2 Å². The van der Waals surface area contributed by atoms with Crippen molar-refractivity contribution in [3.8, 4) is 16.9 Å². The van der Waals surface area contributed by atoms with Crippen molar-refractivity contribution in [3.63, 3.8) is 0 Å². The molecule has 1 fully saturated rings. The van der Waals surface area contributed by atoms with E-state index in [1.54, 1.807) is 13.3 Å². The molecule has 1 aliphatic rings. The number of methoxy groups -OCH3 is 1.